The molecule has 116 valence electrons. The van der Waals surface area contributed by atoms with Gasteiger partial charge in [0.05, 0.1) is 12.0 Å². The Kier molecular flexibility index (Phi) is 4.37. The Hall–Kier alpha value is -2.37. The van der Waals surface area contributed by atoms with Gasteiger partial charge in [-0.15, -0.1) is 0 Å². The van der Waals surface area contributed by atoms with Crippen LogP contribution in [-0.4, -0.2) is 29.1 Å². The Morgan fingerprint density at radius 3 is 2.91 bits per heavy atom. The molecule has 0 unspecified atom stereocenters. The van der Waals surface area contributed by atoms with Crippen LogP contribution in [0.15, 0.2) is 41.9 Å². The summed E-state index contributed by atoms with van der Waals surface area (Å²) in [7, 11) is 1.74. The first-order chi connectivity index (χ1) is 10.8. The second-order valence-electron chi connectivity index (χ2n) is 5.51. The monoisotopic (exact) mass is 301 g/mol. The molecule has 22 heavy (non-hydrogen) atoms. The summed E-state index contributed by atoms with van der Waals surface area (Å²) < 4.78 is 15.8. The molecular formula is C16H20FN5. The van der Waals surface area contributed by atoms with E-state index < -0.39 is 0 Å². The van der Waals surface area contributed by atoms with Gasteiger partial charge < -0.3 is 15.2 Å². The molecule has 0 amide bonds. The maximum Gasteiger partial charge on any atom is 0.191 e. The number of nitrogens with one attached hydrogen (secondary N) is 2. The van der Waals surface area contributed by atoms with Gasteiger partial charge in [0.25, 0.3) is 0 Å². The standard InChI is InChI=1S/C16H20FN5/c1-18-16(20-9-12-2-3-12)21-10-13-4-5-15(14(17)8-13)22-7-6-19-11-22/h4-8,11-12H,2-3,9-10H2,1H3,(H2,18,20,21). The third kappa shape index (κ3) is 3.63. The first-order valence-electron chi connectivity index (χ1n) is 7.47. The van der Waals surface area contributed by atoms with Gasteiger partial charge in [-0.25, -0.2) is 9.37 Å². The zero-order chi connectivity index (χ0) is 15.4. The molecule has 0 atom stereocenters. The van der Waals surface area contributed by atoms with Crippen molar-refractivity contribution in [3.05, 3.63) is 48.3 Å². The maximum absolute atomic E-state index is 14.2. The predicted molar refractivity (Wildman–Crippen MR) is 84.4 cm³/mol. The molecule has 1 aromatic carbocycles. The van der Waals surface area contributed by atoms with Crippen LogP contribution in [0.1, 0.15) is 18.4 Å². The van der Waals surface area contributed by atoms with Crippen LogP contribution in [0.25, 0.3) is 5.69 Å². The Labute approximate surface area is 129 Å². The summed E-state index contributed by atoms with van der Waals surface area (Å²) in [4.78, 5) is 8.10. The van der Waals surface area contributed by atoms with Crippen LogP contribution in [-0.2, 0) is 6.54 Å². The van der Waals surface area contributed by atoms with E-state index in [1.165, 1.54) is 18.9 Å². The topological polar surface area (TPSA) is 54.2 Å². The van der Waals surface area contributed by atoms with Gasteiger partial charge in [-0.2, -0.15) is 0 Å². The molecule has 2 N–H and O–H groups in total. The van der Waals surface area contributed by atoms with Crippen molar-refractivity contribution in [2.75, 3.05) is 13.6 Å². The molecule has 1 aromatic heterocycles. The summed E-state index contributed by atoms with van der Waals surface area (Å²) in [5.41, 5.74) is 1.37. The molecular weight excluding hydrogens is 281 g/mol. The lowest BCUT2D eigenvalue weighted by Crippen LogP contribution is -2.37. The molecule has 5 nitrogen and oxygen atoms in total. The average Bonchev–Trinajstić information content (AvgIpc) is 3.20. The van der Waals surface area contributed by atoms with Gasteiger partial charge in [-0.3, -0.25) is 4.99 Å². The Morgan fingerprint density at radius 2 is 2.27 bits per heavy atom. The summed E-state index contributed by atoms with van der Waals surface area (Å²) in [5, 5.41) is 6.49. The lowest BCUT2D eigenvalue weighted by atomic mass is 10.2. The largest absolute Gasteiger partial charge is 0.356 e. The number of nitrogens with zero attached hydrogens (tertiary/aromatic N) is 3. The average molecular weight is 301 g/mol. The molecule has 0 aliphatic heterocycles. The van der Waals surface area contributed by atoms with E-state index in [0.29, 0.717) is 12.2 Å². The van der Waals surface area contributed by atoms with Gasteiger partial charge in [0, 0.05) is 32.5 Å². The maximum atomic E-state index is 14.2. The fraction of sp³-hybridized carbons (Fsp3) is 0.375. The molecule has 0 saturated heterocycles. The van der Waals surface area contributed by atoms with Gasteiger partial charge in [0.2, 0.25) is 0 Å². The highest BCUT2D eigenvalue weighted by Crippen LogP contribution is 2.27. The van der Waals surface area contributed by atoms with Crippen molar-refractivity contribution < 1.29 is 4.39 Å². The van der Waals surface area contributed by atoms with E-state index in [4.69, 9.17) is 0 Å². The molecule has 1 aliphatic rings. The van der Waals surface area contributed by atoms with Crippen LogP contribution in [0.3, 0.4) is 0 Å². The van der Waals surface area contributed by atoms with Gasteiger partial charge >= 0.3 is 0 Å². The zero-order valence-electron chi connectivity index (χ0n) is 12.6. The highest BCUT2D eigenvalue weighted by molar-refractivity contribution is 5.79. The van der Waals surface area contributed by atoms with Crippen molar-refractivity contribution in [2.24, 2.45) is 10.9 Å². The van der Waals surface area contributed by atoms with E-state index in [0.717, 1.165) is 24.0 Å². The number of rotatable bonds is 5. The minimum Gasteiger partial charge on any atom is -0.356 e. The predicted octanol–water partition coefficient (Wildman–Crippen LogP) is 2.09. The summed E-state index contributed by atoms with van der Waals surface area (Å²) in [5.74, 6) is 1.27. The number of hydrogen-bond acceptors (Lipinski definition) is 2. The molecule has 6 heteroatoms. The molecule has 1 fully saturated rings. The van der Waals surface area contributed by atoms with E-state index in [2.05, 4.69) is 20.6 Å². The van der Waals surface area contributed by atoms with E-state index in [9.17, 15) is 4.39 Å². The van der Waals surface area contributed by atoms with Gasteiger partial charge in [0.15, 0.2) is 5.96 Å². The number of guanidine groups is 1. The molecule has 0 bridgehead atoms. The minimum atomic E-state index is -0.266. The Bertz CT molecular complexity index is 647. The number of imidazole rings is 1. The quantitative estimate of drug-likeness (QED) is 0.657. The summed E-state index contributed by atoms with van der Waals surface area (Å²) in [6.45, 7) is 1.49. The van der Waals surface area contributed by atoms with E-state index in [-0.39, 0.29) is 5.82 Å². The van der Waals surface area contributed by atoms with E-state index in [1.54, 1.807) is 36.4 Å². The summed E-state index contributed by atoms with van der Waals surface area (Å²) in [6.07, 6.45) is 7.53. The normalized spacial score (nSPS) is 14.9. The van der Waals surface area contributed by atoms with E-state index >= 15 is 0 Å². The van der Waals surface area contributed by atoms with Gasteiger partial charge in [-0.1, -0.05) is 6.07 Å². The SMILES string of the molecule is CN=C(NCc1ccc(-n2ccnc2)c(F)c1)NCC1CC1. The lowest BCUT2D eigenvalue weighted by molar-refractivity contribution is 0.614. The molecule has 0 spiro atoms. The van der Waals surface area contributed by atoms with Crippen molar-refractivity contribution in [2.45, 2.75) is 19.4 Å². The highest BCUT2D eigenvalue weighted by atomic mass is 19.1. The molecule has 0 radical (unpaired) electrons. The highest BCUT2D eigenvalue weighted by Gasteiger charge is 2.21. The summed E-state index contributed by atoms with van der Waals surface area (Å²) >= 11 is 0. The third-order valence-electron chi connectivity index (χ3n) is 3.73. The Balaban J connectivity index is 1.59. The second kappa shape index (κ2) is 6.60. The van der Waals surface area contributed by atoms with Crippen LogP contribution < -0.4 is 10.6 Å². The minimum absolute atomic E-state index is 0.266. The molecule has 1 heterocycles. The van der Waals surface area contributed by atoms with Gasteiger partial charge in [0.1, 0.15) is 5.82 Å². The lowest BCUT2D eigenvalue weighted by Gasteiger charge is -2.12. The Morgan fingerprint density at radius 1 is 1.41 bits per heavy atom. The van der Waals surface area contributed by atoms with Crippen LogP contribution in [0.2, 0.25) is 0 Å². The van der Waals surface area contributed by atoms with Crippen LogP contribution in [0.4, 0.5) is 4.39 Å². The fourth-order valence-electron chi connectivity index (χ4n) is 2.24. The van der Waals surface area contributed by atoms with Crippen LogP contribution in [0.5, 0.6) is 0 Å². The number of halogens is 1. The number of hydrogen-bond donors (Lipinski definition) is 2. The fourth-order valence-corrected chi connectivity index (χ4v) is 2.24. The van der Waals surface area contributed by atoms with Crippen LogP contribution >= 0.6 is 0 Å². The number of aliphatic imine (C=N–C) groups is 1. The van der Waals surface area contributed by atoms with E-state index in [1.807, 2.05) is 6.07 Å². The van der Waals surface area contributed by atoms with Crippen molar-refractivity contribution in [3.63, 3.8) is 0 Å². The number of benzene rings is 1. The third-order valence-corrected chi connectivity index (χ3v) is 3.73. The zero-order valence-corrected chi connectivity index (χ0v) is 12.6. The van der Waals surface area contributed by atoms with Crippen molar-refractivity contribution >= 4 is 5.96 Å². The molecule has 3 rings (SSSR count). The van der Waals surface area contributed by atoms with Crippen molar-refractivity contribution in [1.82, 2.24) is 20.2 Å². The summed E-state index contributed by atoms with van der Waals surface area (Å²) in [6, 6.07) is 5.20. The smallest absolute Gasteiger partial charge is 0.191 e. The van der Waals surface area contributed by atoms with Crippen LogP contribution in [0, 0.1) is 11.7 Å². The molecule has 1 aliphatic carbocycles. The molecule has 2 aromatic rings. The van der Waals surface area contributed by atoms with Crippen molar-refractivity contribution in [1.29, 1.82) is 0 Å². The number of aromatic nitrogens is 2. The first-order valence-corrected chi connectivity index (χ1v) is 7.47. The molecule has 1 saturated carbocycles. The first kappa shape index (κ1) is 14.6. The van der Waals surface area contributed by atoms with Gasteiger partial charge in [-0.05, 0) is 36.5 Å². The van der Waals surface area contributed by atoms with Crippen molar-refractivity contribution in [3.8, 4) is 5.69 Å². The second-order valence-corrected chi connectivity index (χ2v) is 5.51.